The van der Waals surface area contributed by atoms with E-state index in [0.717, 1.165) is 50.4 Å². The van der Waals surface area contributed by atoms with E-state index in [1.165, 1.54) is 0 Å². The lowest BCUT2D eigenvalue weighted by Crippen LogP contribution is -2.52. The van der Waals surface area contributed by atoms with Gasteiger partial charge in [-0.15, -0.1) is 0 Å². The Morgan fingerprint density at radius 2 is 1.85 bits per heavy atom. The van der Waals surface area contributed by atoms with Crippen molar-refractivity contribution in [2.45, 2.75) is 45.6 Å². The van der Waals surface area contributed by atoms with Crippen LogP contribution in [-0.2, 0) is 23.2 Å². The molecule has 0 N–H and O–H groups in total. The summed E-state index contributed by atoms with van der Waals surface area (Å²) < 4.78 is 5.32. The number of carbonyl (C=O) groups excluding carboxylic acids is 1. The maximum absolute atomic E-state index is 13.0. The number of benzene rings is 1. The van der Waals surface area contributed by atoms with E-state index in [1.54, 1.807) is 0 Å². The van der Waals surface area contributed by atoms with Crippen LogP contribution in [0.15, 0.2) is 34.9 Å². The lowest BCUT2D eigenvalue weighted by molar-refractivity contribution is -0.138. The van der Waals surface area contributed by atoms with Gasteiger partial charge in [0.1, 0.15) is 0 Å². The van der Waals surface area contributed by atoms with E-state index < -0.39 is 5.41 Å². The Hall–Kier alpha value is -2.21. The first-order valence-corrected chi connectivity index (χ1v) is 9.39. The molecule has 0 radical (unpaired) electrons. The largest absolute Gasteiger partial charge is 0.339 e. The molecule has 0 bridgehead atoms. The molecule has 1 aliphatic rings. The molecule has 6 heteroatoms. The van der Waals surface area contributed by atoms with Crippen LogP contribution < -0.4 is 0 Å². The highest BCUT2D eigenvalue weighted by molar-refractivity contribution is 5.87. The van der Waals surface area contributed by atoms with E-state index in [0.29, 0.717) is 12.4 Å². The van der Waals surface area contributed by atoms with Crippen molar-refractivity contribution in [1.82, 2.24) is 19.9 Å². The van der Waals surface area contributed by atoms with Gasteiger partial charge in [0, 0.05) is 32.6 Å². The number of carbonyl (C=O) groups is 1. The predicted molar refractivity (Wildman–Crippen MR) is 99.6 cm³/mol. The van der Waals surface area contributed by atoms with Gasteiger partial charge in [0.05, 0.1) is 12.0 Å². The minimum absolute atomic E-state index is 0.186. The summed E-state index contributed by atoms with van der Waals surface area (Å²) in [4.78, 5) is 21.7. The second kappa shape index (κ2) is 7.99. The van der Waals surface area contributed by atoms with Gasteiger partial charge in [0.25, 0.3) is 0 Å². The molecule has 0 saturated carbocycles. The Labute approximate surface area is 155 Å². The third-order valence-corrected chi connectivity index (χ3v) is 5.03. The van der Waals surface area contributed by atoms with Gasteiger partial charge in [-0.1, -0.05) is 42.4 Å². The highest BCUT2D eigenvalue weighted by Gasteiger charge is 2.35. The quantitative estimate of drug-likeness (QED) is 0.796. The Balaban J connectivity index is 1.55. The molecule has 0 aliphatic carbocycles. The molecule has 140 valence electrons. The fourth-order valence-corrected chi connectivity index (χ4v) is 3.35. The van der Waals surface area contributed by atoms with Crippen LogP contribution in [0.3, 0.4) is 0 Å². The Kier molecular flexibility index (Phi) is 5.71. The van der Waals surface area contributed by atoms with Crippen molar-refractivity contribution in [3.05, 3.63) is 47.6 Å². The lowest BCUT2D eigenvalue weighted by atomic mass is 9.83. The minimum atomic E-state index is -0.509. The predicted octanol–water partition coefficient (Wildman–Crippen LogP) is 2.64. The number of hydrogen-bond donors (Lipinski definition) is 0. The molecule has 2 aromatic rings. The normalized spacial score (nSPS) is 16.0. The lowest BCUT2D eigenvalue weighted by Gasteiger charge is -2.38. The zero-order valence-corrected chi connectivity index (χ0v) is 15.9. The monoisotopic (exact) mass is 356 g/mol. The Bertz CT molecular complexity index is 718. The molecular formula is C20H28N4O2. The first kappa shape index (κ1) is 18.6. The van der Waals surface area contributed by atoms with Crippen LogP contribution in [0.2, 0.25) is 0 Å². The van der Waals surface area contributed by atoms with Crippen molar-refractivity contribution in [1.29, 1.82) is 0 Å². The van der Waals surface area contributed by atoms with E-state index in [-0.39, 0.29) is 5.91 Å². The maximum Gasteiger partial charge on any atom is 0.240 e. The van der Waals surface area contributed by atoms with E-state index in [9.17, 15) is 4.79 Å². The summed E-state index contributed by atoms with van der Waals surface area (Å²) in [5.41, 5.74) is 0.548. The Morgan fingerprint density at radius 3 is 2.50 bits per heavy atom. The zero-order valence-electron chi connectivity index (χ0n) is 15.9. The van der Waals surface area contributed by atoms with Crippen LogP contribution in [0.25, 0.3) is 0 Å². The molecule has 1 aliphatic heterocycles. The molecule has 0 unspecified atom stereocenters. The molecule has 2 heterocycles. The van der Waals surface area contributed by atoms with Gasteiger partial charge >= 0.3 is 0 Å². The van der Waals surface area contributed by atoms with E-state index in [4.69, 9.17) is 4.52 Å². The summed E-state index contributed by atoms with van der Waals surface area (Å²) in [6, 6.07) is 10.0. The van der Waals surface area contributed by atoms with E-state index >= 15 is 0 Å². The molecule has 3 rings (SSSR count). The number of aryl methyl sites for hydroxylation is 1. The molecule has 26 heavy (non-hydrogen) atoms. The average molecular weight is 356 g/mol. The van der Waals surface area contributed by atoms with Gasteiger partial charge in [0.15, 0.2) is 5.82 Å². The highest BCUT2D eigenvalue weighted by Crippen LogP contribution is 2.26. The van der Waals surface area contributed by atoms with Gasteiger partial charge in [-0.05, 0) is 25.8 Å². The minimum Gasteiger partial charge on any atom is -0.339 e. The summed E-state index contributed by atoms with van der Waals surface area (Å²) in [7, 11) is 0. The van der Waals surface area contributed by atoms with E-state index in [1.807, 2.05) is 49.1 Å². The van der Waals surface area contributed by atoms with Crippen molar-refractivity contribution in [3.8, 4) is 0 Å². The summed E-state index contributed by atoms with van der Waals surface area (Å²) >= 11 is 0. The van der Waals surface area contributed by atoms with Crippen molar-refractivity contribution >= 4 is 5.91 Å². The van der Waals surface area contributed by atoms with Gasteiger partial charge < -0.3 is 9.42 Å². The maximum atomic E-state index is 13.0. The van der Waals surface area contributed by atoms with Crippen molar-refractivity contribution in [2.24, 2.45) is 0 Å². The molecule has 6 nitrogen and oxygen atoms in total. The average Bonchev–Trinajstić information content (AvgIpc) is 3.10. The van der Waals surface area contributed by atoms with Crippen LogP contribution in [-0.4, -0.2) is 52.0 Å². The molecule has 1 aromatic heterocycles. The summed E-state index contributed by atoms with van der Waals surface area (Å²) in [5, 5.41) is 4.00. The van der Waals surface area contributed by atoms with Crippen LogP contribution >= 0.6 is 0 Å². The number of hydrogen-bond acceptors (Lipinski definition) is 5. The molecule has 1 amide bonds. The number of rotatable bonds is 6. The first-order valence-electron chi connectivity index (χ1n) is 9.39. The molecule has 1 aromatic carbocycles. The van der Waals surface area contributed by atoms with Crippen molar-refractivity contribution in [3.63, 3.8) is 0 Å². The topological polar surface area (TPSA) is 62.5 Å². The fraction of sp³-hybridized carbons (Fsp3) is 0.550. The fourth-order valence-electron chi connectivity index (χ4n) is 3.35. The summed E-state index contributed by atoms with van der Waals surface area (Å²) in [6.45, 7) is 9.86. The summed E-state index contributed by atoms with van der Waals surface area (Å²) in [5.74, 6) is 1.63. The number of nitrogens with zero attached hydrogens (tertiary/aromatic N) is 4. The zero-order chi connectivity index (χ0) is 18.6. The van der Waals surface area contributed by atoms with E-state index in [2.05, 4.69) is 22.0 Å². The van der Waals surface area contributed by atoms with Crippen LogP contribution in [0, 0.1) is 0 Å². The van der Waals surface area contributed by atoms with Gasteiger partial charge in [-0.25, -0.2) is 0 Å². The molecular weight excluding hydrogens is 328 g/mol. The number of amides is 1. The number of aromatic nitrogens is 2. The first-order chi connectivity index (χ1) is 12.5. The second-order valence-corrected chi connectivity index (χ2v) is 7.41. The smallest absolute Gasteiger partial charge is 0.240 e. The Morgan fingerprint density at radius 1 is 1.15 bits per heavy atom. The van der Waals surface area contributed by atoms with Crippen molar-refractivity contribution < 1.29 is 9.32 Å². The third kappa shape index (κ3) is 4.12. The SMILES string of the molecule is CCCc1noc(CN2CCN(C(=O)C(C)(C)c3ccccc3)CC2)n1. The highest BCUT2D eigenvalue weighted by atomic mass is 16.5. The van der Waals surface area contributed by atoms with Gasteiger partial charge in [-0.2, -0.15) is 4.98 Å². The summed E-state index contributed by atoms with van der Waals surface area (Å²) in [6.07, 6.45) is 1.86. The second-order valence-electron chi connectivity index (χ2n) is 7.41. The molecule has 1 saturated heterocycles. The van der Waals surface area contributed by atoms with Gasteiger partial charge in [-0.3, -0.25) is 9.69 Å². The van der Waals surface area contributed by atoms with Crippen molar-refractivity contribution in [2.75, 3.05) is 26.2 Å². The van der Waals surface area contributed by atoms with Crippen LogP contribution in [0.4, 0.5) is 0 Å². The van der Waals surface area contributed by atoms with Crippen LogP contribution in [0.1, 0.15) is 44.5 Å². The third-order valence-electron chi connectivity index (χ3n) is 5.03. The van der Waals surface area contributed by atoms with Gasteiger partial charge in [0.2, 0.25) is 11.8 Å². The molecule has 0 atom stereocenters. The van der Waals surface area contributed by atoms with Crippen LogP contribution in [0.5, 0.6) is 0 Å². The standard InChI is InChI=1S/C20H28N4O2/c1-4-8-17-21-18(26-22-17)15-23-11-13-24(14-12-23)19(25)20(2,3)16-9-6-5-7-10-16/h5-7,9-10H,4,8,11-15H2,1-3H3. The number of piperazine rings is 1. The molecule has 1 fully saturated rings. The molecule has 0 spiro atoms.